The summed E-state index contributed by atoms with van der Waals surface area (Å²) < 4.78 is 7.80. The SMILES string of the molecule is [CH2+]CCOPN(C(C)C)C(C)C. The monoisotopic (exact) mass is 190 g/mol. The zero-order valence-electron chi connectivity index (χ0n) is 8.63. The number of nitrogens with zero attached hydrogens (tertiary/aromatic N) is 1. The molecule has 0 N–H and O–H groups in total. The van der Waals surface area contributed by atoms with Crippen LogP contribution in [0, 0.1) is 6.92 Å². The zero-order valence-corrected chi connectivity index (χ0v) is 9.63. The van der Waals surface area contributed by atoms with Crippen molar-refractivity contribution in [2.45, 2.75) is 46.2 Å². The van der Waals surface area contributed by atoms with Crippen LogP contribution in [0.25, 0.3) is 0 Å². The highest BCUT2D eigenvalue weighted by Gasteiger charge is 2.12. The van der Waals surface area contributed by atoms with Gasteiger partial charge >= 0.3 is 0 Å². The van der Waals surface area contributed by atoms with E-state index in [0.717, 1.165) is 13.0 Å². The standard InChI is InChI=1S/C9H21NOP/c1-6-7-11-12-10(8(2)3)9(4)5/h8-9,12H,1,6-7H2,2-5H3/q+1. The number of hydrogen-bond donors (Lipinski definition) is 0. The molecule has 0 radical (unpaired) electrons. The minimum Gasteiger partial charge on any atom is -0.342 e. The van der Waals surface area contributed by atoms with Crippen LogP contribution in [0.5, 0.6) is 0 Å². The molecule has 0 aliphatic rings. The third-order valence-corrected chi connectivity index (χ3v) is 3.11. The molecule has 0 spiro atoms. The molecule has 0 aromatic rings. The van der Waals surface area contributed by atoms with Crippen molar-refractivity contribution in [1.29, 1.82) is 0 Å². The van der Waals surface area contributed by atoms with Crippen molar-refractivity contribution in [3.8, 4) is 0 Å². The fourth-order valence-corrected chi connectivity index (χ4v) is 1.81. The van der Waals surface area contributed by atoms with Crippen LogP contribution >= 0.6 is 8.96 Å². The van der Waals surface area contributed by atoms with Crippen LogP contribution in [0.3, 0.4) is 0 Å². The van der Waals surface area contributed by atoms with Gasteiger partial charge in [0.25, 0.3) is 0 Å². The van der Waals surface area contributed by atoms with Crippen LogP contribution in [0.15, 0.2) is 0 Å². The van der Waals surface area contributed by atoms with Gasteiger partial charge in [-0.3, -0.25) is 4.67 Å². The predicted octanol–water partition coefficient (Wildman–Crippen LogP) is 2.85. The van der Waals surface area contributed by atoms with Crippen LogP contribution in [0.4, 0.5) is 0 Å². The molecule has 0 saturated carbocycles. The minimum absolute atomic E-state index is 0.484. The summed E-state index contributed by atoms with van der Waals surface area (Å²) in [6.07, 6.45) is 0.858. The average Bonchev–Trinajstić information content (AvgIpc) is 1.96. The number of rotatable bonds is 6. The summed E-state index contributed by atoms with van der Waals surface area (Å²) in [5.74, 6) is 0. The van der Waals surface area contributed by atoms with Gasteiger partial charge in [0, 0.05) is 12.1 Å². The van der Waals surface area contributed by atoms with Crippen LogP contribution in [0.2, 0.25) is 0 Å². The lowest BCUT2D eigenvalue weighted by molar-refractivity contribution is 0.269. The van der Waals surface area contributed by atoms with E-state index in [2.05, 4.69) is 39.3 Å². The van der Waals surface area contributed by atoms with Gasteiger partial charge in [-0.15, -0.1) is 0 Å². The van der Waals surface area contributed by atoms with Crippen molar-refractivity contribution in [1.82, 2.24) is 4.67 Å². The normalized spacial score (nSPS) is 12.9. The second kappa shape index (κ2) is 6.71. The summed E-state index contributed by atoms with van der Waals surface area (Å²) in [5.41, 5.74) is 0. The van der Waals surface area contributed by atoms with Crippen LogP contribution < -0.4 is 0 Å². The molecule has 0 rings (SSSR count). The van der Waals surface area contributed by atoms with E-state index < -0.39 is 0 Å². The molecule has 0 heterocycles. The third-order valence-electron chi connectivity index (χ3n) is 1.53. The summed E-state index contributed by atoms with van der Waals surface area (Å²) in [5, 5.41) is 0. The lowest BCUT2D eigenvalue weighted by Crippen LogP contribution is -2.29. The van der Waals surface area contributed by atoms with E-state index in [1.165, 1.54) is 0 Å². The maximum Gasteiger partial charge on any atom is 0.109 e. The molecular weight excluding hydrogens is 169 g/mol. The highest BCUT2D eigenvalue weighted by Crippen LogP contribution is 2.25. The molecule has 0 amide bonds. The van der Waals surface area contributed by atoms with Crippen molar-refractivity contribution in [3.63, 3.8) is 0 Å². The zero-order chi connectivity index (χ0) is 9.56. The van der Waals surface area contributed by atoms with E-state index in [1.54, 1.807) is 0 Å². The quantitative estimate of drug-likeness (QED) is 0.363. The van der Waals surface area contributed by atoms with Crippen LogP contribution in [-0.4, -0.2) is 23.4 Å². The molecule has 0 aliphatic carbocycles. The van der Waals surface area contributed by atoms with E-state index in [-0.39, 0.29) is 0 Å². The first-order valence-electron chi connectivity index (χ1n) is 4.54. The summed E-state index contributed by atoms with van der Waals surface area (Å²) >= 11 is 0. The molecule has 0 bridgehead atoms. The Kier molecular flexibility index (Phi) is 6.83. The molecule has 3 heteroatoms. The minimum atomic E-state index is 0.484. The van der Waals surface area contributed by atoms with Crippen molar-refractivity contribution in [2.75, 3.05) is 6.61 Å². The fourth-order valence-electron chi connectivity index (χ4n) is 0.999. The molecule has 0 saturated heterocycles. The van der Waals surface area contributed by atoms with Gasteiger partial charge in [-0.25, -0.2) is 0 Å². The van der Waals surface area contributed by atoms with Crippen LogP contribution in [0.1, 0.15) is 34.1 Å². The van der Waals surface area contributed by atoms with Crippen molar-refractivity contribution in [3.05, 3.63) is 6.92 Å². The molecule has 72 valence electrons. The highest BCUT2D eigenvalue weighted by molar-refractivity contribution is 7.29. The molecule has 1 unspecified atom stereocenters. The van der Waals surface area contributed by atoms with Crippen LogP contribution in [-0.2, 0) is 4.52 Å². The van der Waals surface area contributed by atoms with Crippen molar-refractivity contribution < 1.29 is 4.52 Å². The molecule has 0 aromatic heterocycles. The van der Waals surface area contributed by atoms with Gasteiger partial charge in [-0.05, 0) is 27.7 Å². The molecule has 0 aliphatic heterocycles. The summed E-state index contributed by atoms with van der Waals surface area (Å²) in [4.78, 5) is 0. The van der Waals surface area contributed by atoms with Crippen molar-refractivity contribution >= 4 is 8.96 Å². The Labute approximate surface area is 78.6 Å². The van der Waals surface area contributed by atoms with E-state index in [1.807, 2.05) is 0 Å². The fraction of sp³-hybridized carbons (Fsp3) is 0.889. The summed E-state index contributed by atoms with van der Waals surface area (Å²) in [7, 11) is 0.484. The molecule has 0 aromatic carbocycles. The summed E-state index contributed by atoms with van der Waals surface area (Å²) in [6, 6.07) is 1.13. The Morgan fingerprint density at radius 1 is 1.25 bits per heavy atom. The molecule has 12 heavy (non-hydrogen) atoms. The van der Waals surface area contributed by atoms with E-state index >= 15 is 0 Å². The first-order valence-corrected chi connectivity index (χ1v) is 5.40. The van der Waals surface area contributed by atoms with Gasteiger partial charge in [-0.2, -0.15) is 0 Å². The van der Waals surface area contributed by atoms with Gasteiger partial charge < -0.3 is 4.52 Å². The largest absolute Gasteiger partial charge is 0.342 e. The topological polar surface area (TPSA) is 12.5 Å². The Morgan fingerprint density at radius 3 is 2.08 bits per heavy atom. The first kappa shape index (κ1) is 12.2. The third kappa shape index (κ3) is 4.97. The van der Waals surface area contributed by atoms with Crippen molar-refractivity contribution in [2.24, 2.45) is 0 Å². The Hall–Kier alpha value is 0.220. The second-order valence-corrected chi connectivity index (χ2v) is 4.38. The molecular formula is C9H21NOP+. The maximum atomic E-state index is 5.46. The highest BCUT2D eigenvalue weighted by atomic mass is 31.1. The number of hydrogen-bond acceptors (Lipinski definition) is 2. The lowest BCUT2D eigenvalue weighted by atomic mass is 10.3. The Bertz CT molecular complexity index is 98.7. The lowest BCUT2D eigenvalue weighted by Gasteiger charge is -2.28. The Morgan fingerprint density at radius 2 is 1.75 bits per heavy atom. The van der Waals surface area contributed by atoms with Gasteiger partial charge in [0.05, 0.1) is 22.5 Å². The van der Waals surface area contributed by atoms with Gasteiger partial charge in [0.2, 0.25) is 0 Å². The molecule has 1 atom stereocenters. The average molecular weight is 190 g/mol. The first-order chi connectivity index (χ1) is 5.59. The van der Waals surface area contributed by atoms with Gasteiger partial charge in [-0.1, -0.05) is 0 Å². The smallest absolute Gasteiger partial charge is 0.109 e. The van der Waals surface area contributed by atoms with Gasteiger partial charge in [0.15, 0.2) is 0 Å². The predicted molar refractivity (Wildman–Crippen MR) is 56.4 cm³/mol. The second-order valence-electron chi connectivity index (χ2n) is 3.39. The summed E-state index contributed by atoms with van der Waals surface area (Å²) in [6.45, 7) is 13.3. The van der Waals surface area contributed by atoms with E-state index in [4.69, 9.17) is 4.52 Å². The molecule has 0 fully saturated rings. The van der Waals surface area contributed by atoms with E-state index in [9.17, 15) is 0 Å². The van der Waals surface area contributed by atoms with E-state index in [0.29, 0.717) is 21.0 Å². The Balaban J connectivity index is 3.64. The maximum absolute atomic E-state index is 5.46. The van der Waals surface area contributed by atoms with Gasteiger partial charge in [0.1, 0.15) is 6.42 Å². The molecule has 2 nitrogen and oxygen atoms in total.